The summed E-state index contributed by atoms with van der Waals surface area (Å²) >= 11 is 1.20. The Balaban J connectivity index is 1.55. The number of aromatic nitrogens is 1. The lowest BCUT2D eigenvalue weighted by molar-refractivity contribution is 0.0734. The van der Waals surface area contributed by atoms with E-state index in [1.165, 1.54) is 29.7 Å². The molecule has 30 heavy (non-hydrogen) atoms. The third kappa shape index (κ3) is 4.03. The van der Waals surface area contributed by atoms with Gasteiger partial charge >= 0.3 is 0 Å². The topological polar surface area (TPSA) is 88.6 Å². The van der Waals surface area contributed by atoms with E-state index in [2.05, 4.69) is 9.71 Å². The molecule has 0 saturated carbocycles. The number of sulfonamides is 1. The maximum atomic E-state index is 13.2. The molecule has 2 heterocycles. The van der Waals surface area contributed by atoms with Crippen molar-refractivity contribution in [3.05, 3.63) is 71.2 Å². The SMILES string of the molecule is COc1ccccc1C1CCCN1C(=O)c1ccc(S(=O)(=O)Nc2nccs2)cc1. The molecule has 0 aliphatic carbocycles. The fourth-order valence-corrected chi connectivity index (χ4v) is 5.45. The van der Waals surface area contributed by atoms with Gasteiger partial charge in [0.15, 0.2) is 5.13 Å². The fourth-order valence-electron chi connectivity index (χ4n) is 3.67. The molecule has 1 aromatic heterocycles. The second-order valence-electron chi connectivity index (χ2n) is 6.87. The fraction of sp³-hybridized carbons (Fsp3) is 0.238. The number of likely N-dealkylation sites (tertiary alicyclic amines) is 1. The third-order valence-electron chi connectivity index (χ3n) is 5.08. The van der Waals surface area contributed by atoms with Crippen molar-refractivity contribution in [2.24, 2.45) is 0 Å². The number of ether oxygens (including phenoxy) is 1. The zero-order valence-corrected chi connectivity index (χ0v) is 17.9. The van der Waals surface area contributed by atoms with Crippen LogP contribution in [0.15, 0.2) is 65.0 Å². The van der Waals surface area contributed by atoms with Gasteiger partial charge in [-0.1, -0.05) is 18.2 Å². The highest BCUT2D eigenvalue weighted by atomic mass is 32.2. The molecule has 1 amide bonds. The van der Waals surface area contributed by atoms with Gasteiger partial charge in [-0.3, -0.25) is 9.52 Å². The lowest BCUT2D eigenvalue weighted by atomic mass is 10.0. The molecule has 0 radical (unpaired) electrons. The van der Waals surface area contributed by atoms with E-state index in [4.69, 9.17) is 4.74 Å². The first kappa shape index (κ1) is 20.4. The highest BCUT2D eigenvalue weighted by Crippen LogP contribution is 2.37. The number of anilines is 1. The Morgan fingerprint density at radius 3 is 2.67 bits per heavy atom. The van der Waals surface area contributed by atoms with Crippen LogP contribution < -0.4 is 9.46 Å². The van der Waals surface area contributed by atoms with Gasteiger partial charge in [-0.15, -0.1) is 11.3 Å². The molecule has 2 aromatic carbocycles. The average Bonchev–Trinajstić information content (AvgIpc) is 3.45. The Bertz CT molecular complexity index is 1130. The van der Waals surface area contributed by atoms with Crippen molar-refractivity contribution >= 4 is 32.4 Å². The van der Waals surface area contributed by atoms with E-state index in [0.717, 1.165) is 24.2 Å². The molecule has 1 aliphatic heterocycles. The molecule has 1 fully saturated rings. The quantitative estimate of drug-likeness (QED) is 0.624. The number of nitrogens with one attached hydrogen (secondary N) is 1. The molecule has 1 N–H and O–H groups in total. The Morgan fingerprint density at radius 1 is 1.20 bits per heavy atom. The first-order valence-electron chi connectivity index (χ1n) is 9.46. The predicted molar refractivity (Wildman–Crippen MR) is 115 cm³/mol. The van der Waals surface area contributed by atoms with Crippen LogP contribution >= 0.6 is 11.3 Å². The standard InChI is InChI=1S/C21H21N3O4S2/c1-28-19-7-3-2-5-17(19)18-6-4-13-24(18)20(25)15-8-10-16(11-9-15)30(26,27)23-21-22-12-14-29-21/h2-3,5,7-12,14,18H,4,6,13H2,1H3,(H,22,23). The molecule has 3 aromatic rings. The molecule has 9 heteroatoms. The average molecular weight is 444 g/mol. The number of hydrogen-bond donors (Lipinski definition) is 1. The number of para-hydroxylation sites is 1. The first-order chi connectivity index (χ1) is 14.5. The number of rotatable bonds is 6. The predicted octanol–water partition coefficient (Wildman–Crippen LogP) is 3.93. The summed E-state index contributed by atoms with van der Waals surface area (Å²) in [4.78, 5) is 19.0. The number of benzene rings is 2. The van der Waals surface area contributed by atoms with Crippen molar-refractivity contribution in [1.82, 2.24) is 9.88 Å². The van der Waals surface area contributed by atoms with Crippen LogP contribution in [0.3, 0.4) is 0 Å². The van der Waals surface area contributed by atoms with E-state index in [0.29, 0.717) is 17.2 Å². The van der Waals surface area contributed by atoms with Gasteiger partial charge in [0.2, 0.25) is 0 Å². The molecule has 7 nitrogen and oxygen atoms in total. The third-order valence-corrected chi connectivity index (χ3v) is 7.25. The molecule has 156 valence electrons. The van der Waals surface area contributed by atoms with Gasteiger partial charge in [0, 0.05) is 29.2 Å². The Hall–Kier alpha value is -2.91. The smallest absolute Gasteiger partial charge is 0.263 e. The van der Waals surface area contributed by atoms with Crippen LogP contribution in [0.25, 0.3) is 0 Å². The van der Waals surface area contributed by atoms with Crippen molar-refractivity contribution in [3.63, 3.8) is 0 Å². The second-order valence-corrected chi connectivity index (χ2v) is 9.44. The van der Waals surface area contributed by atoms with Crippen molar-refractivity contribution in [2.45, 2.75) is 23.8 Å². The molecule has 0 spiro atoms. The maximum absolute atomic E-state index is 13.2. The van der Waals surface area contributed by atoms with E-state index in [-0.39, 0.29) is 16.8 Å². The number of amides is 1. The summed E-state index contributed by atoms with van der Waals surface area (Å²) < 4.78 is 32.9. The lowest BCUT2D eigenvalue weighted by Gasteiger charge is -2.26. The van der Waals surface area contributed by atoms with Crippen LogP contribution in [-0.2, 0) is 10.0 Å². The highest BCUT2D eigenvalue weighted by molar-refractivity contribution is 7.93. The molecule has 0 bridgehead atoms. The largest absolute Gasteiger partial charge is 0.496 e. The number of carbonyl (C=O) groups excluding carboxylic acids is 1. The molecule has 1 atom stereocenters. The number of carbonyl (C=O) groups is 1. The molecular weight excluding hydrogens is 422 g/mol. The Labute approximate surface area is 179 Å². The molecule has 1 saturated heterocycles. The summed E-state index contributed by atoms with van der Waals surface area (Å²) in [6.45, 7) is 0.646. The Morgan fingerprint density at radius 2 is 1.97 bits per heavy atom. The van der Waals surface area contributed by atoms with Gasteiger partial charge in [-0.25, -0.2) is 13.4 Å². The van der Waals surface area contributed by atoms with Gasteiger partial charge in [0.1, 0.15) is 5.75 Å². The van der Waals surface area contributed by atoms with E-state index in [1.807, 2.05) is 29.2 Å². The summed E-state index contributed by atoms with van der Waals surface area (Å²) in [6, 6.07) is 13.6. The van der Waals surface area contributed by atoms with Crippen molar-refractivity contribution in [1.29, 1.82) is 0 Å². The summed E-state index contributed by atoms with van der Waals surface area (Å²) in [6.07, 6.45) is 3.29. The number of nitrogens with zero attached hydrogens (tertiary/aromatic N) is 2. The Kier molecular flexibility index (Phi) is 5.74. The first-order valence-corrected chi connectivity index (χ1v) is 11.8. The number of hydrogen-bond acceptors (Lipinski definition) is 6. The monoisotopic (exact) mass is 443 g/mol. The maximum Gasteiger partial charge on any atom is 0.263 e. The number of methoxy groups -OCH3 is 1. The summed E-state index contributed by atoms with van der Waals surface area (Å²) in [5.41, 5.74) is 1.43. The van der Waals surface area contributed by atoms with Crippen LogP contribution in [0.5, 0.6) is 5.75 Å². The second kappa shape index (κ2) is 8.45. The van der Waals surface area contributed by atoms with E-state index in [9.17, 15) is 13.2 Å². The summed E-state index contributed by atoms with van der Waals surface area (Å²) in [7, 11) is -2.13. The van der Waals surface area contributed by atoms with Crippen LogP contribution in [0.1, 0.15) is 34.8 Å². The summed E-state index contributed by atoms with van der Waals surface area (Å²) in [5.74, 6) is 0.636. The summed E-state index contributed by atoms with van der Waals surface area (Å²) in [5, 5.41) is 1.99. The van der Waals surface area contributed by atoms with E-state index < -0.39 is 10.0 Å². The minimum atomic E-state index is -3.75. The van der Waals surface area contributed by atoms with Crippen LogP contribution in [-0.4, -0.2) is 37.9 Å². The van der Waals surface area contributed by atoms with Gasteiger partial charge in [0.25, 0.3) is 15.9 Å². The normalized spacial score (nSPS) is 16.4. The number of thiazole rings is 1. The zero-order chi connectivity index (χ0) is 21.1. The van der Waals surface area contributed by atoms with Gasteiger partial charge < -0.3 is 9.64 Å². The van der Waals surface area contributed by atoms with Crippen LogP contribution in [0.2, 0.25) is 0 Å². The lowest BCUT2D eigenvalue weighted by Crippen LogP contribution is -2.30. The van der Waals surface area contributed by atoms with Crippen LogP contribution in [0, 0.1) is 0 Å². The van der Waals surface area contributed by atoms with Gasteiger partial charge in [-0.2, -0.15) is 0 Å². The molecule has 4 rings (SSSR count). The highest BCUT2D eigenvalue weighted by Gasteiger charge is 2.32. The van der Waals surface area contributed by atoms with Crippen LogP contribution in [0.4, 0.5) is 5.13 Å². The zero-order valence-electron chi connectivity index (χ0n) is 16.3. The minimum absolute atomic E-state index is 0.0661. The van der Waals surface area contributed by atoms with Crippen molar-refractivity contribution in [2.75, 3.05) is 18.4 Å². The van der Waals surface area contributed by atoms with E-state index >= 15 is 0 Å². The molecular formula is C21H21N3O4S2. The van der Waals surface area contributed by atoms with Gasteiger partial charge in [-0.05, 0) is 43.2 Å². The van der Waals surface area contributed by atoms with Crippen molar-refractivity contribution < 1.29 is 17.9 Å². The van der Waals surface area contributed by atoms with Crippen molar-refractivity contribution in [3.8, 4) is 5.75 Å². The van der Waals surface area contributed by atoms with Gasteiger partial charge in [0.05, 0.1) is 18.0 Å². The van der Waals surface area contributed by atoms with E-state index in [1.54, 1.807) is 24.6 Å². The minimum Gasteiger partial charge on any atom is -0.496 e. The molecule has 1 unspecified atom stereocenters. The molecule has 1 aliphatic rings.